The van der Waals surface area contributed by atoms with Crippen molar-refractivity contribution >= 4 is 38.9 Å². The van der Waals surface area contributed by atoms with E-state index < -0.39 is 16.4 Å². The second kappa shape index (κ2) is 5.28. The average molecular weight is 309 g/mol. The molecule has 1 aromatic heterocycles. The molecule has 0 amide bonds. The van der Waals surface area contributed by atoms with E-state index >= 15 is 0 Å². The summed E-state index contributed by atoms with van der Waals surface area (Å²) in [6.45, 7) is 5.11. The van der Waals surface area contributed by atoms with Gasteiger partial charge in [-0.05, 0) is 32.9 Å². The van der Waals surface area contributed by atoms with E-state index in [0.29, 0.717) is 10.2 Å². The van der Waals surface area contributed by atoms with Gasteiger partial charge in [0.25, 0.3) is 0 Å². The van der Waals surface area contributed by atoms with Crippen molar-refractivity contribution in [2.75, 3.05) is 11.4 Å². The number of thiazole rings is 1. The van der Waals surface area contributed by atoms with Crippen LogP contribution in [0.4, 0.5) is 11.4 Å². The summed E-state index contributed by atoms with van der Waals surface area (Å²) >= 11 is 1.31. The van der Waals surface area contributed by atoms with Gasteiger partial charge in [-0.3, -0.25) is 14.9 Å². The Morgan fingerprint density at radius 2 is 2.14 bits per heavy atom. The first-order valence-electron chi connectivity index (χ1n) is 6.22. The third-order valence-electron chi connectivity index (χ3n) is 3.03. The molecule has 0 spiro atoms. The maximum Gasteiger partial charge on any atom is 0.323 e. The van der Waals surface area contributed by atoms with Gasteiger partial charge < -0.3 is 10.0 Å². The number of carbonyl (C=O) groups is 1. The zero-order valence-electron chi connectivity index (χ0n) is 11.9. The van der Waals surface area contributed by atoms with Gasteiger partial charge in [0.2, 0.25) is 0 Å². The summed E-state index contributed by atoms with van der Waals surface area (Å²) in [5.74, 6) is -1.04. The van der Waals surface area contributed by atoms with Gasteiger partial charge in [0.05, 0.1) is 15.1 Å². The second-order valence-electron chi connectivity index (χ2n) is 5.54. The lowest BCUT2D eigenvalue weighted by Crippen LogP contribution is -2.45. The maximum absolute atomic E-state index is 11.4. The number of hydrogen-bond acceptors (Lipinski definition) is 6. The van der Waals surface area contributed by atoms with Crippen molar-refractivity contribution in [2.24, 2.45) is 0 Å². The van der Waals surface area contributed by atoms with Crippen LogP contribution in [0.1, 0.15) is 20.8 Å². The van der Waals surface area contributed by atoms with Crippen LogP contribution in [0.25, 0.3) is 10.2 Å². The van der Waals surface area contributed by atoms with Crippen molar-refractivity contribution in [3.63, 3.8) is 0 Å². The highest BCUT2D eigenvalue weighted by molar-refractivity contribution is 7.16. The molecule has 0 saturated carbocycles. The molecule has 2 aromatic rings. The Labute approximate surface area is 125 Å². The van der Waals surface area contributed by atoms with Gasteiger partial charge in [0, 0.05) is 5.54 Å². The van der Waals surface area contributed by atoms with Crippen molar-refractivity contribution in [3.8, 4) is 0 Å². The highest BCUT2D eigenvalue weighted by atomic mass is 32.1. The van der Waals surface area contributed by atoms with E-state index in [1.54, 1.807) is 17.6 Å². The molecule has 7 nitrogen and oxygen atoms in total. The average Bonchev–Trinajstić information content (AvgIpc) is 2.80. The van der Waals surface area contributed by atoms with Gasteiger partial charge in [0.1, 0.15) is 12.2 Å². The molecule has 1 heterocycles. The molecule has 0 bridgehead atoms. The molecule has 1 aromatic carbocycles. The predicted octanol–water partition coefficient (Wildman–Crippen LogP) is 2.89. The molecular formula is C13H15N3O4S. The Kier molecular flexibility index (Phi) is 3.82. The van der Waals surface area contributed by atoms with Gasteiger partial charge >= 0.3 is 11.7 Å². The summed E-state index contributed by atoms with van der Waals surface area (Å²) in [5, 5.41) is 20.5. The normalized spacial score (nSPS) is 11.6. The highest BCUT2D eigenvalue weighted by Gasteiger charge is 2.31. The SMILES string of the molecule is CC(C)(C)N(CC(=O)O)c1ccc2scnc2c1[N+](=O)[O-]. The minimum absolute atomic E-state index is 0.148. The molecule has 2 rings (SSSR count). The van der Waals surface area contributed by atoms with Crippen molar-refractivity contribution < 1.29 is 14.8 Å². The summed E-state index contributed by atoms with van der Waals surface area (Å²) in [5.41, 5.74) is 1.38. The first-order valence-corrected chi connectivity index (χ1v) is 7.10. The van der Waals surface area contributed by atoms with E-state index in [1.165, 1.54) is 16.2 Å². The van der Waals surface area contributed by atoms with Crippen LogP contribution in [0.3, 0.4) is 0 Å². The third kappa shape index (κ3) is 2.94. The lowest BCUT2D eigenvalue weighted by Gasteiger charge is -2.35. The number of nitrogens with zero attached hydrogens (tertiary/aromatic N) is 3. The zero-order valence-corrected chi connectivity index (χ0v) is 12.7. The van der Waals surface area contributed by atoms with E-state index in [1.807, 2.05) is 20.8 Å². The van der Waals surface area contributed by atoms with Gasteiger partial charge in [-0.15, -0.1) is 11.3 Å². The lowest BCUT2D eigenvalue weighted by molar-refractivity contribution is -0.382. The van der Waals surface area contributed by atoms with Crippen LogP contribution < -0.4 is 4.90 Å². The molecule has 8 heteroatoms. The first kappa shape index (κ1) is 15.2. The molecule has 0 atom stereocenters. The molecule has 0 unspecified atom stereocenters. The van der Waals surface area contributed by atoms with Crippen molar-refractivity contribution in [2.45, 2.75) is 26.3 Å². The number of carboxylic acids is 1. The van der Waals surface area contributed by atoms with Gasteiger partial charge in [-0.1, -0.05) is 0 Å². The molecule has 1 N–H and O–H groups in total. The van der Waals surface area contributed by atoms with E-state index in [4.69, 9.17) is 5.11 Å². The van der Waals surface area contributed by atoms with E-state index in [-0.39, 0.29) is 17.9 Å². The molecule has 112 valence electrons. The van der Waals surface area contributed by atoms with Crippen LogP contribution >= 0.6 is 11.3 Å². The predicted molar refractivity (Wildman–Crippen MR) is 81.0 cm³/mol. The Morgan fingerprint density at radius 1 is 1.48 bits per heavy atom. The topological polar surface area (TPSA) is 96.6 Å². The third-order valence-corrected chi connectivity index (χ3v) is 3.83. The maximum atomic E-state index is 11.4. The molecule has 0 aliphatic carbocycles. The number of aliphatic carboxylic acids is 1. The van der Waals surface area contributed by atoms with Gasteiger partial charge in [-0.25, -0.2) is 4.98 Å². The Balaban J connectivity index is 2.69. The van der Waals surface area contributed by atoms with E-state index in [2.05, 4.69) is 4.98 Å². The van der Waals surface area contributed by atoms with Crippen LogP contribution in [-0.4, -0.2) is 33.1 Å². The molecule has 0 fully saturated rings. The van der Waals surface area contributed by atoms with E-state index in [9.17, 15) is 14.9 Å². The van der Waals surface area contributed by atoms with Crippen molar-refractivity contribution in [1.82, 2.24) is 4.98 Å². The summed E-state index contributed by atoms with van der Waals surface area (Å²) < 4.78 is 0.703. The molecule has 0 aliphatic heterocycles. The van der Waals surface area contributed by atoms with Crippen LogP contribution in [-0.2, 0) is 4.79 Å². The Hall–Kier alpha value is -2.22. The number of nitro groups is 1. The highest BCUT2D eigenvalue weighted by Crippen LogP contribution is 2.39. The Bertz CT molecular complexity index is 705. The van der Waals surface area contributed by atoms with Crippen LogP contribution in [0.5, 0.6) is 0 Å². The number of hydrogen-bond donors (Lipinski definition) is 1. The number of benzene rings is 1. The minimum Gasteiger partial charge on any atom is -0.480 e. The summed E-state index contributed by atoms with van der Waals surface area (Å²) in [6.07, 6.45) is 0. The Morgan fingerprint density at radius 3 is 2.67 bits per heavy atom. The second-order valence-corrected chi connectivity index (χ2v) is 6.43. The van der Waals surface area contributed by atoms with Gasteiger partial charge in [0.15, 0.2) is 5.52 Å². The molecule has 21 heavy (non-hydrogen) atoms. The zero-order chi connectivity index (χ0) is 15.8. The van der Waals surface area contributed by atoms with Crippen LogP contribution in [0.15, 0.2) is 17.6 Å². The fourth-order valence-corrected chi connectivity index (χ4v) is 2.80. The quantitative estimate of drug-likeness (QED) is 0.689. The standard InChI is InChI=1S/C13H15N3O4S/c1-13(2,3)15(6-10(17)18)8-4-5-9-11(14-7-21-9)12(8)16(19)20/h4-5,7H,6H2,1-3H3,(H,17,18). The smallest absolute Gasteiger partial charge is 0.323 e. The number of rotatable bonds is 4. The minimum atomic E-state index is -1.04. The van der Waals surface area contributed by atoms with Crippen molar-refractivity contribution in [1.29, 1.82) is 0 Å². The summed E-state index contributed by atoms with van der Waals surface area (Å²) in [6, 6.07) is 3.32. The fourth-order valence-electron chi connectivity index (χ4n) is 2.12. The van der Waals surface area contributed by atoms with Crippen molar-refractivity contribution in [3.05, 3.63) is 27.8 Å². The largest absolute Gasteiger partial charge is 0.480 e. The number of aromatic nitrogens is 1. The molecule has 0 radical (unpaired) electrons. The summed E-state index contributed by atoms with van der Waals surface area (Å²) in [4.78, 5) is 27.6. The monoisotopic (exact) mass is 309 g/mol. The lowest BCUT2D eigenvalue weighted by atomic mass is 10.0. The number of fused-ring (bicyclic) bond motifs is 1. The molecule has 0 saturated heterocycles. The van der Waals surface area contributed by atoms with Crippen LogP contribution in [0.2, 0.25) is 0 Å². The number of nitro benzene ring substituents is 1. The number of carboxylic acid groups (broad SMARTS) is 1. The number of anilines is 1. The first-order chi connectivity index (χ1) is 9.71. The fraction of sp³-hybridized carbons (Fsp3) is 0.385. The van der Waals surface area contributed by atoms with Crippen LogP contribution in [0, 0.1) is 10.1 Å². The molecular weight excluding hydrogens is 294 g/mol. The molecule has 0 aliphatic rings. The summed E-state index contributed by atoms with van der Waals surface area (Å²) in [7, 11) is 0. The van der Waals surface area contributed by atoms with E-state index in [0.717, 1.165) is 0 Å². The van der Waals surface area contributed by atoms with Gasteiger partial charge in [-0.2, -0.15) is 0 Å².